The van der Waals surface area contributed by atoms with Crippen LogP contribution in [0.5, 0.6) is 0 Å². The maximum absolute atomic E-state index is 5.82. The SMILES string of the molecule is C\C=C/C(N)=C\C=C\C1=C(C)SC(Cc2cnc[pH]2)=CC1. The van der Waals surface area contributed by atoms with Gasteiger partial charge in [-0.15, -0.1) is 8.19 Å². The van der Waals surface area contributed by atoms with E-state index in [4.69, 9.17) is 5.73 Å². The molecule has 0 radical (unpaired) electrons. The van der Waals surface area contributed by atoms with Crippen LogP contribution in [0.3, 0.4) is 0 Å². The predicted octanol–water partition coefficient (Wildman–Crippen LogP) is 4.93. The van der Waals surface area contributed by atoms with Crippen LogP contribution in [0.25, 0.3) is 0 Å². The van der Waals surface area contributed by atoms with Gasteiger partial charge in [-0.05, 0) is 53.1 Å². The van der Waals surface area contributed by atoms with Gasteiger partial charge < -0.3 is 5.73 Å². The van der Waals surface area contributed by atoms with Crippen molar-refractivity contribution in [2.24, 2.45) is 5.73 Å². The molecule has 0 saturated carbocycles. The van der Waals surface area contributed by atoms with Gasteiger partial charge in [0.1, 0.15) is 0 Å². The topological polar surface area (TPSA) is 38.9 Å². The van der Waals surface area contributed by atoms with Gasteiger partial charge in [-0.3, -0.25) is 4.98 Å². The predicted molar refractivity (Wildman–Crippen MR) is 96.7 cm³/mol. The quantitative estimate of drug-likeness (QED) is 0.783. The molecule has 21 heavy (non-hydrogen) atoms. The van der Waals surface area contributed by atoms with E-state index in [2.05, 4.69) is 24.1 Å². The van der Waals surface area contributed by atoms with Crippen molar-refractivity contribution in [3.8, 4) is 0 Å². The fourth-order valence-corrected chi connectivity index (χ4v) is 4.01. The monoisotopic (exact) mass is 316 g/mol. The van der Waals surface area contributed by atoms with Crippen LogP contribution in [-0.2, 0) is 6.42 Å². The fourth-order valence-electron chi connectivity index (χ4n) is 2.06. The van der Waals surface area contributed by atoms with Crippen molar-refractivity contribution >= 4 is 20.0 Å². The van der Waals surface area contributed by atoms with E-state index in [1.807, 2.05) is 55.1 Å². The Labute approximate surface area is 132 Å². The van der Waals surface area contributed by atoms with Gasteiger partial charge in [0, 0.05) is 24.2 Å². The van der Waals surface area contributed by atoms with Gasteiger partial charge in [-0.2, -0.15) is 0 Å². The third-order valence-electron chi connectivity index (χ3n) is 3.15. The normalized spacial score (nSPS) is 17.4. The molecule has 1 aliphatic heterocycles. The molecule has 2 rings (SSSR count). The lowest BCUT2D eigenvalue weighted by Crippen LogP contribution is -1.94. The van der Waals surface area contributed by atoms with Crippen LogP contribution < -0.4 is 5.73 Å². The molecule has 110 valence electrons. The van der Waals surface area contributed by atoms with E-state index < -0.39 is 0 Å². The van der Waals surface area contributed by atoms with Gasteiger partial charge in [0.05, 0.1) is 0 Å². The first-order valence-corrected chi connectivity index (χ1v) is 8.89. The third-order valence-corrected chi connectivity index (χ3v) is 5.25. The molecule has 1 aromatic heterocycles. The molecule has 0 amide bonds. The van der Waals surface area contributed by atoms with E-state index in [1.54, 1.807) is 0 Å². The van der Waals surface area contributed by atoms with Crippen LogP contribution in [0, 0.1) is 0 Å². The van der Waals surface area contributed by atoms with E-state index in [-0.39, 0.29) is 0 Å². The van der Waals surface area contributed by atoms with E-state index >= 15 is 0 Å². The highest BCUT2D eigenvalue weighted by Gasteiger charge is 2.10. The van der Waals surface area contributed by atoms with Gasteiger partial charge >= 0.3 is 0 Å². The van der Waals surface area contributed by atoms with Crippen molar-refractivity contribution in [3.63, 3.8) is 0 Å². The Morgan fingerprint density at radius 1 is 1.52 bits per heavy atom. The summed E-state index contributed by atoms with van der Waals surface area (Å²) >= 11 is 1.88. The molecule has 0 fully saturated rings. The maximum atomic E-state index is 5.82. The van der Waals surface area contributed by atoms with E-state index in [0.717, 1.165) is 26.7 Å². The summed E-state index contributed by atoms with van der Waals surface area (Å²) in [7, 11) is 0.764. The first-order valence-electron chi connectivity index (χ1n) is 6.99. The lowest BCUT2D eigenvalue weighted by atomic mass is 10.1. The van der Waals surface area contributed by atoms with Crippen molar-refractivity contribution in [3.05, 3.63) is 75.0 Å². The fraction of sp³-hybridized carbons (Fsp3) is 0.235. The molecule has 1 aromatic rings. The molecular formula is C17H21N2PS. The van der Waals surface area contributed by atoms with Crippen molar-refractivity contribution in [1.29, 1.82) is 0 Å². The Bertz CT molecular complexity index is 619. The highest BCUT2D eigenvalue weighted by Crippen LogP contribution is 2.37. The van der Waals surface area contributed by atoms with Crippen LogP contribution in [0.2, 0.25) is 0 Å². The minimum absolute atomic E-state index is 0.764. The summed E-state index contributed by atoms with van der Waals surface area (Å²) in [5.41, 5.74) is 7.97. The van der Waals surface area contributed by atoms with Crippen LogP contribution in [-0.4, -0.2) is 4.98 Å². The summed E-state index contributed by atoms with van der Waals surface area (Å²) in [5.74, 6) is 2.00. The average Bonchev–Trinajstić information content (AvgIpc) is 2.94. The Hall–Kier alpha value is -1.44. The number of nitrogens with two attached hydrogens (primary N) is 1. The number of rotatable bonds is 5. The second-order valence-electron chi connectivity index (χ2n) is 4.84. The van der Waals surface area contributed by atoms with Crippen LogP contribution in [0.15, 0.2) is 69.7 Å². The smallest absolute Gasteiger partial charge is 0.0431 e. The summed E-state index contributed by atoms with van der Waals surface area (Å²) in [6.07, 6.45) is 16.4. The van der Waals surface area contributed by atoms with Crippen LogP contribution >= 0.6 is 20.0 Å². The molecule has 0 aliphatic carbocycles. The molecule has 2 N–H and O–H groups in total. The molecule has 2 heterocycles. The second-order valence-corrected chi connectivity index (χ2v) is 7.37. The first-order chi connectivity index (χ1) is 10.2. The van der Waals surface area contributed by atoms with E-state index in [0.29, 0.717) is 0 Å². The van der Waals surface area contributed by atoms with Gasteiger partial charge in [0.25, 0.3) is 0 Å². The maximum Gasteiger partial charge on any atom is 0.0431 e. The highest BCUT2D eigenvalue weighted by atomic mass is 32.2. The zero-order chi connectivity index (χ0) is 15.1. The molecule has 0 spiro atoms. The van der Waals surface area contributed by atoms with Gasteiger partial charge in [0.2, 0.25) is 0 Å². The van der Waals surface area contributed by atoms with Crippen LogP contribution in [0.4, 0.5) is 0 Å². The molecule has 0 saturated heterocycles. The number of thioether (sulfide) groups is 1. The molecule has 1 unspecified atom stereocenters. The third kappa shape index (κ3) is 5.11. The largest absolute Gasteiger partial charge is 0.399 e. The van der Waals surface area contributed by atoms with Gasteiger partial charge in [0.15, 0.2) is 0 Å². The highest BCUT2D eigenvalue weighted by molar-refractivity contribution is 8.06. The zero-order valence-electron chi connectivity index (χ0n) is 12.5. The van der Waals surface area contributed by atoms with Crippen LogP contribution in [0.1, 0.15) is 25.6 Å². The molecule has 0 aromatic carbocycles. The molecule has 0 bridgehead atoms. The van der Waals surface area contributed by atoms with Gasteiger partial charge in [-0.25, -0.2) is 0 Å². The first kappa shape index (κ1) is 15.9. The summed E-state index contributed by atoms with van der Waals surface area (Å²) < 4.78 is 0. The molecule has 2 nitrogen and oxygen atoms in total. The van der Waals surface area contributed by atoms with Crippen molar-refractivity contribution in [1.82, 2.24) is 4.98 Å². The number of nitrogens with zero attached hydrogens (tertiary/aromatic N) is 1. The molecule has 4 heteroatoms. The standard InChI is InChI=1S/C17H21N2PS/c1-3-5-15(18)7-4-6-14-8-9-17(21-13(14)2)10-16-11-19-12-20-16/h3-7,9,11-12,20H,8,10,18H2,1-2H3/b5-3-,6-4+,15-7+. The molecular weight excluding hydrogens is 295 g/mol. The summed E-state index contributed by atoms with van der Waals surface area (Å²) in [6, 6.07) is 0. The lowest BCUT2D eigenvalue weighted by Gasteiger charge is -2.15. The average molecular weight is 316 g/mol. The number of hydrogen-bond acceptors (Lipinski definition) is 3. The Morgan fingerprint density at radius 3 is 3.05 bits per heavy atom. The number of allylic oxidation sites excluding steroid dienone is 9. The summed E-state index contributed by atoms with van der Waals surface area (Å²) in [6.45, 7) is 4.16. The lowest BCUT2D eigenvalue weighted by molar-refractivity contribution is 1.18. The Kier molecular flexibility index (Phi) is 6.16. The van der Waals surface area contributed by atoms with Crippen molar-refractivity contribution < 1.29 is 0 Å². The summed E-state index contributed by atoms with van der Waals surface area (Å²) in [4.78, 5) is 7.00. The Balaban J connectivity index is 1.95. The molecule has 1 atom stereocenters. The van der Waals surface area contributed by atoms with E-state index in [9.17, 15) is 0 Å². The second kappa shape index (κ2) is 8.11. The minimum atomic E-state index is 0.764. The van der Waals surface area contributed by atoms with Gasteiger partial charge in [-0.1, -0.05) is 36.1 Å². The minimum Gasteiger partial charge on any atom is -0.399 e. The number of hydrogen-bond donors (Lipinski definition) is 1. The van der Waals surface area contributed by atoms with Crippen molar-refractivity contribution in [2.45, 2.75) is 26.7 Å². The van der Waals surface area contributed by atoms with E-state index in [1.165, 1.54) is 20.7 Å². The molecule has 1 aliphatic rings. The van der Waals surface area contributed by atoms with Crippen molar-refractivity contribution in [2.75, 3.05) is 0 Å². The summed E-state index contributed by atoms with van der Waals surface area (Å²) in [5, 5.41) is 1.43. The number of aromatic nitrogens is 1. The zero-order valence-corrected chi connectivity index (χ0v) is 14.3. The Morgan fingerprint density at radius 2 is 2.38 bits per heavy atom.